The highest BCUT2D eigenvalue weighted by atomic mass is 35.9. The molecule has 0 N–H and O–H groups in total. The lowest BCUT2D eigenvalue weighted by atomic mass is 10.3. The molecule has 0 fully saturated rings. The van der Waals surface area contributed by atoms with Crippen LogP contribution in [-0.2, 0) is 0 Å². The third-order valence-electron chi connectivity index (χ3n) is 1.01. The average Bonchev–Trinajstić information content (AvgIpc) is 1.83. The van der Waals surface area contributed by atoms with Gasteiger partial charge in [0.05, 0.1) is 13.3 Å². The Morgan fingerprint density at radius 2 is 0.625 bits per heavy atom. The zero-order valence-electron chi connectivity index (χ0n) is 10.2. The van der Waals surface area contributed by atoms with Gasteiger partial charge >= 0.3 is 0 Å². The molecule has 0 spiro atoms. The first-order valence-corrected chi connectivity index (χ1v) is 10.4. The highest BCUT2D eigenvalue weighted by Gasteiger charge is 2.19. The largest absolute Gasteiger partial charge is 0.147 e. The summed E-state index contributed by atoms with van der Waals surface area (Å²) >= 11 is 22.3. The zero-order valence-corrected chi connectivity index (χ0v) is 16.7. The van der Waals surface area contributed by atoms with Crippen molar-refractivity contribution < 1.29 is 0 Å². The van der Waals surface area contributed by atoms with Gasteiger partial charge in [-0.15, -0.1) is 24.8 Å². The van der Waals surface area contributed by atoms with Gasteiger partial charge in [0.15, 0.2) is 0 Å². The van der Waals surface area contributed by atoms with Crippen molar-refractivity contribution in [3.8, 4) is 0 Å². The standard InChI is InChI=1S/2C4H9Cl2P.2ClH/c2*1-4(2,3)7(5)6;;/h2*1-3H3;2*1H. The van der Waals surface area contributed by atoms with Crippen LogP contribution in [-0.4, -0.2) is 10.3 Å². The van der Waals surface area contributed by atoms with Crippen LogP contribution in [0.4, 0.5) is 0 Å². The fourth-order valence-electron chi connectivity index (χ4n) is 0. The minimum atomic E-state index is -0.797. The third-order valence-corrected chi connectivity index (χ3v) is 9.13. The van der Waals surface area contributed by atoms with Crippen molar-refractivity contribution in [1.82, 2.24) is 0 Å². The lowest BCUT2D eigenvalue weighted by Crippen LogP contribution is -2.04. The normalized spacial score (nSPS) is 11.2. The molecule has 0 saturated carbocycles. The molecule has 104 valence electrons. The second-order valence-electron chi connectivity index (χ2n) is 4.81. The van der Waals surface area contributed by atoms with Crippen LogP contribution in [0.5, 0.6) is 0 Å². The molecular weight excluding hydrogens is 371 g/mol. The van der Waals surface area contributed by atoms with E-state index in [1.165, 1.54) is 0 Å². The molecule has 0 aliphatic heterocycles. The van der Waals surface area contributed by atoms with Gasteiger partial charge in [0.25, 0.3) is 0 Å². The third kappa shape index (κ3) is 19.0. The van der Waals surface area contributed by atoms with Crippen LogP contribution in [0.1, 0.15) is 41.5 Å². The average molecular weight is 391 g/mol. The van der Waals surface area contributed by atoms with Crippen molar-refractivity contribution >= 4 is 83.0 Å². The molecule has 0 aliphatic rings. The molecule has 0 heterocycles. The first kappa shape index (κ1) is 27.0. The fourth-order valence-corrected chi connectivity index (χ4v) is 0. The predicted octanol–water partition coefficient (Wildman–Crippen LogP) is 7.99. The lowest BCUT2D eigenvalue weighted by Gasteiger charge is -2.17. The predicted molar refractivity (Wildman–Crippen MR) is 91.3 cm³/mol. The summed E-state index contributed by atoms with van der Waals surface area (Å²) in [5.41, 5.74) is 0. The first-order chi connectivity index (χ1) is 5.89. The maximum absolute atomic E-state index is 5.58. The van der Waals surface area contributed by atoms with E-state index < -0.39 is 13.3 Å². The molecule has 0 aromatic carbocycles. The van der Waals surface area contributed by atoms with Gasteiger partial charge < -0.3 is 0 Å². The highest BCUT2D eigenvalue weighted by Crippen LogP contribution is 2.58. The minimum absolute atomic E-state index is 0. The van der Waals surface area contributed by atoms with Crippen LogP contribution in [0.25, 0.3) is 0 Å². The Morgan fingerprint density at radius 3 is 0.625 bits per heavy atom. The summed E-state index contributed by atoms with van der Waals surface area (Å²) in [5, 5.41) is 0.191. The number of rotatable bonds is 0. The summed E-state index contributed by atoms with van der Waals surface area (Å²) in [6.45, 7) is 10.6. The molecule has 16 heavy (non-hydrogen) atoms. The van der Waals surface area contributed by atoms with Crippen LogP contribution in [0.3, 0.4) is 0 Å². The lowest BCUT2D eigenvalue weighted by molar-refractivity contribution is 0.798. The molecule has 0 amide bonds. The van der Waals surface area contributed by atoms with E-state index in [2.05, 4.69) is 0 Å². The summed E-state index contributed by atoms with van der Waals surface area (Å²) < 4.78 is 0. The molecule has 0 aromatic rings. The van der Waals surface area contributed by atoms with E-state index in [1.54, 1.807) is 0 Å². The van der Waals surface area contributed by atoms with Crippen LogP contribution in [0.2, 0.25) is 0 Å². The van der Waals surface area contributed by atoms with Gasteiger partial charge in [-0.2, -0.15) is 0 Å². The van der Waals surface area contributed by atoms with Gasteiger partial charge in [0.1, 0.15) is 0 Å². The Labute approximate surface area is 134 Å². The molecule has 0 nitrogen and oxygen atoms in total. The Balaban J connectivity index is -0.0000000800. The Morgan fingerprint density at radius 1 is 0.562 bits per heavy atom. The van der Waals surface area contributed by atoms with Gasteiger partial charge in [-0.25, -0.2) is 0 Å². The van der Waals surface area contributed by atoms with E-state index in [0.717, 1.165) is 0 Å². The van der Waals surface area contributed by atoms with E-state index in [9.17, 15) is 0 Å². The summed E-state index contributed by atoms with van der Waals surface area (Å²) in [6.07, 6.45) is 0. The zero-order chi connectivity index (χ0) is 12.2. The molecule has 0 aromatic heterocycles. The molecule has 0 radical (unpaired) electrons. The smallest absolute Gasteiger partial charge is 0.0909 e. The molecule has 0 saturated heterocycles. The Bertz CT molecular complexity index is 132. The van der Waals surface area contributed by atoms with E-state index >= 15 is 0 Å². The number of hydrogen-bond acceptors (Lipinski definition) is 0. The van der Waals surface area contributed by atoms with Crippen LogP contribution < -0.4 is 0 Å². The van der Waals surface area contributed by atoms with Gasteiger partial charge in [-0.05, 0) is 0 Å². The van der Waals surface area contributed by atoms with Crippen molar-refractivity contribution in [2.24, 2.45) is 0 Å². The van der Waals surface area contributed by atoms with E-state index in [0.29, 0.717) is 0 Å². The summed E-state index contributed by atoms with van der Waals surface area (Å²) in [7, 11) is 0. The van der Waals surface area contributed by atoms with Crippen molar-refractivity contribution in [1.29, 1.82) is 0 Å². The summed E-state index contributed by atoms with van der Waals surface area (Å²) in [5.74, 6) is 0. The number of halogens is 6. The minimum Gasteiger partial charge on any atom is -0.147 e. The van der Waals surface area contributed by atoms with E-state index in [1.807, 2.05) is 41.5 Å². The molecule has 0 unspecified atom stereocenters. The monoisotopic (exact) mass is 388 g/mol. The van der Waals surface area contributed by atoms with Crippen molar-refractivity contribution in [2.75, 3.05) is 0 Å². The number of hydrogen-bond donors (Lipinski definition) is 0. The Hall–Kier alpha value is 2.60. The fraction of sp³-hybridized carbons (Fsp3) is 1.00. The van der Waals surface area contributed by atoms with Gasteiger partial charge in [-0.1, -0.05) is 86.5 Å². The maximum Gasteiger partial charge on any atom is 0.0909 e. The van der Waals surface area contributed by atoms with Gasteiger partial charge in [0, 0.05) is 10.3 Å². The van der Waals surface area contributed by atoms with Gasteiger partial charge in [0.2, 0.25) is 0 Å². The highest BCUT2D eigenvalue weighted by molar-refractivity contribution is 8.05. The second kappa shape index (κ2) is 11.4. The quantitative estimate of drug-likeness (QED) is 0.367. The molecule has 8 heteroatoms. The van der Waals surface area contributed by atoms with Crippen LogP contribution in [0.15, 0.2) is 0 Å². The first-order valence-electron chi connectivity index (χ1n) is 4.12. The topological polar surface area (TPSA) is 0 Å². The van der Waals surface area contributed by atoms with E-state index in [4.69, 9.17) is 45.0 Å². The van der Waals surface area contributed by atoms with Crippen molar-refractivity contribution in [2.45, 2.75) is 51.9 Å². The SMILES string of the molecule is CC(C)(C)P(Cl)Cl.CC(C)(C)P(Cl)Cl.Cl.Cl. The summed E-state index contributed by atoms with van der Waals surface area (Å²) in [6, 6.07) is 0. The van der Waals surface area contributed by atoms with Crippen LogP contribution >= 0.6 is 83.0 Å². The van der Waals surface area contributed by atoms with E-state index in [-0.39, 0.29) is 35.1 Å². The van der Waals surface area contributed by atoms with Crippen molar-refractivity contribution in [3.05, 3.63) is 0 Å². The Kier molecular flexibility index (Phi) is 19.3. The van der Waals surface area contributed by atoms with Crippen molar-refractivity contribution in [3.63, 3.8) is 0 Å². The molecular formula is C8H20Cl6P2. The molecule has 0 bridgehead atoms. The summed E-state index contributed by atoms with van der Waals surface area (Å²) in [4.78, 5) is 0. The molecule has 0 rings (SSSR count). The van der Waals surface area contributed by atoms with Crippen LogP contribution in [0, 0.1) is 0 Å². The molecule has 0 aliphatic carbocycles. The molecule has 0 atom stereocenters. The van der Waals surface area contributed by atoms with Gasteiger partial charge in [-0.3, -0.25) is 0 Å². The second-order valence-corrected chi connectivity index (χ2v) is 13.5. The maximum atomic E-state index is 5.58.